The van der Waals surface area contributed by atoms with Gasteiger partial charge >= 0.3 is 0 Å². The first-order valence-electron chi connectivity index (χ1n) is 8.65. The smallest absolute Gasteiger partial charge is 0.261 e. The number of carbonyl (C=O) groups excluding carboxylic acids is 1. The minimum atomic E-state index is -0.463. The molecule has 0 aromatic heterocycles. The molecule has 2 saturated carbocycles. The standard InChI is InChI=1S/C20H23NO2/c1-13(20(22)21-19-11-14-6-7-17(19)10-14)23-18-9-8-15-4-2-3-5-16(15)12-18/h2-5,8-9,12-14,17,19H,6-7,10-11H2,1H3,(H,21,22)/t13-,14+,17+,19-/m0/s1. The van der Waals surface area contributed by atoms with Crippen LogP contribution in [0.4, 0.5) is 0 Å². The second kappa shape index (κ2) is 5.88. The summed E-state index contributed by atoms with van der Waals surface area (Å²) in [6.45, 7) is 1.83. The van der Waals surface area contributed by atoms with E-state index in [1.54, 1.807) is 0 Å². The summed E-state index contributed by atoms with van der Waals surface area (Å²) in [7, 11) is 0. The van der Waals surface area contributed by atoms with Crippen LogP contribution in [0.15, 0.2) is 42.5 Å². The number of rotatable bonds is 4. The Morgan fingerprint density at radius 3 is 2.70 bits per heavy atom. The first-order chi connectivity index (χ1) is 11.2. The van der Waals surface area contributed by atoms with Crippen LogP contribution >= 0.6 is 0 Å². The molecule has 0 spiro atoms. The van der Waals surface area contributed by atoms with Crippen LogP contribution in [0.2, 0.25) is 0 Å². The molecule has 0 aliphatic heterocycles. The molecule has 2 aliphatic rings. The Bertz CT molecular complexity index is 726. The average molecular weight is 309 g/mol. The van der Waals surface area contributed by atoms with Gasteiger partial charge in [0.2, 0.25) is 0 Å². The van der Waals surface area contributed by atoms with Crippen LogP contribution < -0.4 is 10.1 Å². The lowest BCUT2D eigenvalue weighted by atomic mass is 9.95. The number of fused-ring (bicyclic) bond motifs is 3. The van der Waals surface area contributed by atoms with E-state index in [0.29, 0.717) is 12.0 Å². The third-order valence-corrected chi connectivity index (χ3v) is 5.47. The monoisotopic (exact) mass is 309 g/mol. The molecule has 4 atom stereocenters. The third-order valence-electron chi connectivity index (χ3n) is 5.47. The number of nitrogens with one attached hydrogen (secondary N) is 1. The molecule has 2 fully saturated rings. The summed E-state index contributed by atoms with van der Waals surface area (Å²) in [6, 6.07) is 14.5. The second-order valence-electron chi connectivity index (χ2n) is 7.06. The van der Waals surface area contributed by atoms with E-state index in [4.69, 9.17) is 4.74 Å². The fraction of sp³-hybridized carbons (Fsp3) is 0.450. The van der Waals surface area contributed by atoms with E-state index in [9.17, 15) is 4.79 Å². The van der Waals surface area contributed by atoms with Crippen LogP contribution in [0.25, 0.3) is 10.8 Å². The lowest BCUT2D eigenvalue weighted by Crippen LogP contribution is -2.44. The lowest BCUT2D eigenvalue weighted by Gasteiger charge is -2.24. The molecule has 3 heteroatoms. The van der Waals surface area contributed by atoms with Crippen molar-refractivity contribution in [2.75, 3.05) is 0 Å². The van der Waals surface area contributed by atoms with Gasteiger partial charge in [-0.1, -0.05) is 36.8 Å². The molecule has 1 amide bonds. The number of amides is 1. The van der Waals surface area contributed by atoms with Crippen molar-refractivity contribution in [3.8, 4) is 5.75 Å². The Balaban J connectivity index is 1.39. The molecular weight excluding hydrogens is 286 g/mol. The summed E-state index contributed by atoms with van der Waals surface area (Å²) in [4.78, 5) is 12.4. The van der Waals surface area contributed by atoms with Crippen LogP contribution in [-0.2, 0) is 4.79 Å². The molecule has 2 aliphatic carbocycles. The highest BCUT2D eigenvalue weighted by Crippen LogP contribution is 2.44. The van der Waals surface area contributed by atoms with E-state index in [1.807, 2.05) is 37.3 Å². The van der Waals surface area contributed by atoms with Gasteiger partial charge in [0, 0.05) is 6.04 Å². The summed E-state index contributed by atoms with van der Waals surface area (Å²) >= 11 is 0. The molecule has 1 N–H and O–H groups in total. The van der Waals surface area contributed by atoms with Crippen molar-refractivity contribution in [2.24, 2.45) is 11.8 Å². The van der Waals surface area contributed by atoms with Gasteiger partial charge in [0.25, 0.3) is 5.91 Å². The second-order valence-corrected chi connectivity index (χ2v) is 7.06. The Morgan fingerprint density at radius 1 is 1.13 bits per heavy atom. The predicted octanol–water partition coefficient (Wildman–Crippen LogP) is 3.91. The average Bonchev–Trinajstić information content (AvgIpc) is 3.17. The Hall–Kier alpha value is -2.03. The van der Waals surface area contributed by atoms with Gasteiger partial charge in [-0.25, -0.2) is 0 Å². The molecule has 0 saturated heterocycles. The molecule has 3 nitrogen and oxygen atoms in total. The van der Waals surface area contributed by atoms with Gasteiger partial charge in [0.1, 0.15) is 5.75 Å². The molecule has 2 aromatic rings. The van der Waals surface area contributed by atoms with Crippen molar-refractivity contribution in [3.63, 3.8) is 0 Å². The van der Waals surface area contributed by atoms with E-state index < -0.39 is 6.10 Å². The van der Waals surface area contributed by atoms with Crippen molar-refractivity contribution in [3.05, 3.63) is 42.5 Å². The zero-order chi connectivity index (χ0) is 15.8. The van der Waals surface area contributed by atoms with Crippen molar-refractivity contribution in [2.45, 2.75) is 44.8 Å². The minimum Gasteiger partial charge on any atom is -0.481 e. The number of hydrogen-bond donors (Lipinski definition) is 1. The maximum Gasteiger partial charge on any atom is 0.261 e. The maximum atomic E-state index is 12.4. The maximum absolute atomic E-state index is 12.4. The zero-order valence-corrected chi connectivity index (χ0v) is 13.5. The molecule has 4 rings (SSSR count). The molecule has 0 heterocycles. The van der Waals surface area contributed by atoms with Crippen LogP contribution in [0, 0.1) is 11.8 Å². The van der Waals surface area contributed by atoms with Crippen LogP contribution in [-0.4, -0.2) is 18.1 Å². The van der Waals surface area contributed by atoms with E-state index in [2.05, 4.69) is 17.4 Å². The van der Waals surface area contributed by atoms with Gasteiger partial charge in [0.15, 0.2) is 6.10 Å². The first-order valence-corrected chi connectivity index (χ1v) is 8.65. The molecule has 0 radical (unpaired) electrons. The largest absolute Gasteiger partial charge is 0.481 e. The van der Waals surface area contributed by atoms with Gasteiger partial charge < -0.3 is 10.1 Å². The lowest BCUT2D eigenvalue weighted by molar-refractivity contribution is -0.128. The summed E-state index contributed by atoms with van der Waals surface area (Å²) in [5.41, 5.74) is 0. The highest BCUT2D eigenvalue weighted by atomic mass is 16.5. The van der Waals surface area contributed by atoms with Gasteiger partial charge in [-0.2, -0.15) is 0 Å². The number of benzene rings is 2. The summed E-state index contributed by atoms with van der Waals surface area (Å²) in [5.74, 6) is 2.29. The quantitative estimate of drug-likeness (QED) is 0.930. The SMILES string of the molecule is C[C@H](Oc1ccc2ccccc2c1)C(=O)N[C@H]1C[C@@H]2CC[C@@H]1C2. The van der Waals surface area contributed by atoms with Crippen molar-refractivity contribution >= 4 is 16.7 Å². The zero-order valence-electron chi connectivity index (χ0n) is 13.5. The Labute approximate surface area is 137 Å². The first kappa shape index (κ1) is 14.6. The van der Waals surface area contributed by atoms with E-state index in [1.165, 1.54) is 24.6 Å². The topological polar surface area (TPSA) is 38.3 Å². The summed E-state index contributed by atoms with van der Waals surface area (Å²) < 4.78 is 5.86. The number of ether oxygens (including phenoxy) is 1. The van der Waals surface area contributed by atoms with E-state index >= 15 is 0 Å². The van der Waals surface area contributed by atoms with E-state index in [0.717, 1.165) is 23.5 Å². The van der Waals surface area contributed by atoms with Crippen molar-refractivity contribution in [1.82, 2.24) is 5.32 Å². The molecule has 0 unspecified atom stereocenters. The van der Waals surface area contributed by atoms with Gasteiger partial charge in [-0.05, 0) is 60.9 Å². The van der Waals surface area contributed by atoms with Gasteiger partial charge in [0.05, 0.1) is 0 Å². The van der Waals surface area contributed by atoms with Crippen LogP contribution in [0.1, 0.15) is 32.6 Å². The molecule has 2 aromatic carbocycles. The van der Waals surface area contributed by atoms with Gasteiger partial charge in [-0.15, -0.1) is 0 Å². The summed E-state index contributed by atoms with van der Waals surface area (Å²) in [6.07, 6.45) is 4.61. The number of carbonyl (C=O) groups is 1. The van der Waals surface area contributed by atoms with Gasteiger partial charge in [-0.3, -0.25) is 4.79 Å². The number of hydrogen-bond acceptors (Lipinski definition) is 2. The highest BCUT2D eigenvalue weighted by molar-refractivity contribution is 5.84. The predicted molar refractivity (Wildman–Crippen MR) is 91.4 cm³/mol. The molecule has 23 heavy (non-hydrogen) atoms. The third kappa shape index (κ3) is 2.92. The normalized spacial score (nSPS) is 27.1. The highest BCUT2D eigenvalue weighted by Gasteiger charge is 2.40. The Morgan fingerprint density at radius 2 is 1.96 bits per heavy atom. The van der Waals surface area contributed by atoms with Crippen LogP contribution in [0.3, 0.4) is 0 Å². The van der Waals surface area contributed by atoms with Crippen LogP contribution in [0.5, 0.6) is 5.75 Å². The summed E-state index contributed by atoms with van der Waals surface area (Å²) in [5, 5.41) is 5.51. The Kier molecular flexibility index (Phi) is 3.72. The van der Waals surface area contributed by atoms with Crippen molar-refractivity contribution < 1.29 is 9.53 Å². The van der Waals surface area contributed by atoms with E-state index in [-0.39, 0.29) is 5.91 Å². The molecule has 2 bridgehead atoms. The fourth-order valence-electron chi connectivity index (χ4n) is 4.22. The molecule has 120 valence electrons. The molecular formula is C20H23NO2. The van der Waals surface area contributed by atoms with Crippen molar-refractivity contribution in [1.29, 1.82) is 0 Å². The fourth-order valence-corrected chi connectivity index (χ4v) is 4.22. The minimum absolute atomic E-state index is 0.00992.